The molecule has 0 saturated heterocycles. The number of aliphatic carboxylic acids is 1. The average molecular weight is 275 g/mol. The first-order valence-electron chi connectivity index (χ1n) is 6.21. The molecule has 5 nitrogen and oxygen atoms in total. The first kappa shape index (κ1) is 15.6. The molecule has 0 aliphatic carbocycles. The highest BCUT2D eigenvalue weighted by Gasteiger charge is 2.16. The number of carboxylic acid groups (broad SMARTS) is 1. The van der Waals surface area contributed by atoms with Crippen molar-refractivity contribution in [1.29, 1.82) is 0 Å². The number of aryl methyl sites for hydroxylation is 1. The second kappa shape index (κ2) is 7.85. The molecule has 1 aromatic rings. The second-order valence-corrected chi connectivity index (χ2v) is 4.14. The molecule has 0 aliphatic heterocycles. The summed E-state index contributed by atoms with van der Waals surface area (Å²) >= 11 is 0. The van der Waals surface area contributed by atoms with E-state index < -0.39 is 18.4 Å². The van der Waals surface area contributed by atoms with Gasteiger partial charge in [-0.1, -0.05) is 25.0 Å². The lowest BCUT2D eigenvalue weighted by atomic mass is 10.2. The lowest BCUT2D eigenvalue weighted by Gasteiger charge is -2.18. The van der Waals surface area contributed by atoms with Crippen LogP contribution in [0.3, 0.4) is 0 Å². The van der Waals surface area contributed by atoms with Gasteiger partial charge in [0.25, 0.3) is 5.91 Å². The Morgan fingerprint density at radius 2 is 2.20 bits per heavy atom. The molecule has 0 atom stereocenters. The Morgan fingerprint density at radius 1 is 1.45 bits per heavy atom. The number of benzene rings is 1. The maximum Gasteiger partial charge on any atom is 0.323 e. The number of nitrogens with zero attached hydrogens (tertiary/aromatic N) is 1. The highest BCUT2D eigenvalue weighted by molar-refractivity contribution is 5.82. The molecule has 0 unspecified atom stereocenters. The zero-order chi connectivity index (χ0) is 15.0. The van der Waals surface area contributed by atoms with E-state index in [0.29, 0.717) is 5.75 Å². The lowest BCUT2D eigenvalue weighted by Crippen LogP contribution is -2.38. The number of carbonyl (C=O) groups is 2. The normalized spacial score (nSPS) is 9.60. The summed E-state index contributed by atoms with van der Waals surface area (Å²) in [5.74, 6) is 1.27. The number of terminal acetylenes is 1. The molecule has 0 aliphatic rings. The minimum absolute atomic E-state index is 0.0521. The second-order valence-electron chi connectivity index (χ2n) is 4.14. The first-order chi connectivity index (χ1) is 9.56. The molecule has 1 aromatic carbocycles. The molecular formula is C15H17NO4. The van der Waals surface area contributed by atoms with Crippen LogP contribution in [-0.2, 0) is 16.0 Å². The molecular weight excluding hydrogens is 258 g/mol. The molecule has 0 fully saturated rings. The largest absolute Gasteiger partial charge is 0.484 e. The third-order valence-electron chi connectivity index (χ3n) is 2.63. The Hall–Kier alpha value is -2.48. The van der Waals surface area contributed by atoms with Crippen molar-refractivity contribution in [1.82, 2.24) is 4.90 Å². The molecule has 1 N–H and O–H groups in total. The summed E-state index contributed by atoms with van der Waals surface area (Å²) in [5.41, 5.74) is 1.10. The first-order valence-corrected chi connectivity index (χ1v) is 6.21. The average Bonchev–Trinajstić information content (AvgIpc) is 2.44. The van der Waals surface area contributed by atoms with Crippen molar-refractivity contribution in [3.05, 3.63) is 29.8 Å². The number of amides is 1. The Bertz CT molecular complexity index is 519. The molecule has 0 spiro atoms. The van der Waals surface area contributed by atoms with Gasteiger partial charge < -0.3 is 14.7 Å². The smallest absolute Gasteiger partial charge is 0.323 e. The van der Waals surface area contributed by atoms with Crippen LogP contribution in [0.2, 0.25) is 0 Å². The fourth-order valence-electron chi connectivity index (χ4n) is 1.60. The molecule has 5 heteroatoms. The molecule has 1 rings (SSSR count). The van der Waals surface area contributed by atoms with Crippen molar-refractivity contribution in [3.63, 3.8) is 0 Å². The number of rotatable bonds is 7. The van der Waals surface area contributed by atoms with Gasteiger partial charge in [0.05, 0.1) is 6.54 Å². The van der Waals surface area contributed by atoms with Gasteiger partial charge in [-0.2, -0.15) is 0 Å². The molecule has 20 heavy (non-hydrogen) atoms. The van der Waals surface area contributed by atoms with Crippen LogP contribution in [0.5, 0.6) is 5.75 Å². The van der Waals surface area contributed by atoms with E-state index >= 15 is 0 Å². The monoisotopic (exact) mass is 275 g/mol. The van der Waals surface area contributed by atoms with Crippen LogP contribution >= 0.6 is 0 Å². The SMILES string of the molecule is C#CCN(CC(=O)O)C(=O)COc1cccc(CC)c1. The van der Waals surface area contributed by atoms with Crippen LogP contribution in [0.1, 0.15) is 12.5 Å². The van der Waals surface area contributed by atoms with Gasteiger partial charge in [-0.3, -0.25) is 9.59 Å². The standard InChI is InChI=1S/C15H17NO4/c1-3-8-16(10-15(18)19)14(17)11-20-13-7-5-6-12(4-2)9-13/h1,5-7,9H,4,8,10-11H2,2H3,(H,18,19). The Morgan fingerprint density at radius 3 is 2.80 bits per heavy atom. The summed E-state index contributed by atoms with van der Waals surface area (Å²) < 4.78 is 5.37. The minimum atomic E-state index is -1.11. The van der Waals surface area contributed by atoms with Crippen molar-refractivity contribution in [2.45, 2.75) is 13.3 Å². The maximum absolute atomic E-state index is 11.8. The van der Waals surface area contributed by atoms with Crippen molar-refractivity contribution >= 4 is 11.9 Å². The van der Waals surface area contributed by atoms with Gasteiger partial charge in [0.2, 0.25) is 0 Å². The Labute approximate surface area is 118 Å². The summed E-state index contributed by atoms with van der Waals surface area (Å²) in [7, 11) is 0. The zero-order valence-electron chi connectivity index (χ0n) is 11.3. The third kappa shape index (κ3) is 5.02. The van der Waals surface area contributed by atoms with Crippen molar-refractivity contribution in [3.8, 4) is 18.1 Å². The van der Waals surface area contributed by atoms with E-state index in [-0.39, 0.29) is 13.2 Å². The Kier molecular flexibility index (Phi) is 6.11. The number of carbonyl (C=O) groups excluding carboxylic acids is 1. The quantitative estimate of drug-likeness (QED) is 0.759. The molecule has 0 radical (unpaired) electrons. The number of hydrogen-bond acceptors (Lipinski definition) is 3. The maximum atomic E-state index is 11.8. The van der Waals surface area contributed by atoms with Crippen molar-refractivity contribution < 1.29 is 19.4 Å². The fourth-order valence-corrected chi connectivity index (χ4v) is 1.60. The highest BCUT2D eigenvalue weighted by atomic mass is 16.5. The Balaban J connectivity index is 2.59. The molecule has 0 saturated carbocycles. The summed E-state index contributed by atoms with van der Waals surface area (Å²) in [4.78, 5) is 23.5. The summed E-state index contributed by atoms with van der Waals surface area (Å²) in [6.07, 6.45) is 5.98. The molecule has 0 bridgehead atoms. The van der Waals surface area contributed by atoms with Crippen LogP contribution < -0.4 is 4.74 Å². The van der Waals surface area contributed by atoms with Gasteiger partial charge in [0, 0.05) is 0 Å². The number of ether oxygens (including phenoxy) is 1. The van der Waals surface area contributed by atoms with Crippen molar-refractivity contribution in [2.75, 3.05) is 19.7 Å². The van der Waals surface area contributed by atoms with Crippen LogP contribution in [0, 0.1) is 12.3 Å². The summed E-state index contributed by atoms with van der Waals surface area (Å²) in [5, 5.41) is 8.71. The van der Waals surface area contributed by atoms with E-state index in [1.807, 2.05) is 25.1 Å². The molecule has 1 amide bonds. The minimum Gasteiger partial charge on any atom is -0.484 e. The fraction of sp³-hybridized carbons (Fsp3) is 0.333. The highest BCUT2D eigenvalue weighted by Crippen LogP contribution is 2.13. The van der Waals surface area contributed by atoms with Gasteiger partial charge in [-0.25, -0.2) is 0 Å². The van der Waals surface area contributed by atoms with Gasteiger partial charge in [0.1, 0.15) is 12.3 Å². The van der Waals surface area contributed by atoms with Crippen LogP contribution in [-0.4, -0.2) is 41.6 Å². The van der Waals surface area contributed by atoms with E-state index in [0.717, 1.165) is 16.9 Å². The third-order valence-corrected chi connectivity index (χ3v) is 2.63. The predicted molar refractivity (Wildman–Crippen MR) is 74.4 cm³/mol. The number of carboxylic acids is 1. The predicted octanol–water partition coefficient (Wildman–Crippen LogP) is 1.17. The van der Waals surface area contributed by atoms with Gasteiger partial charge in [0.15, 0.2) is 6.61 Å². The topological polar surface area (TPSA) is 66.8 Å². The number of hydrogen-bond donors (Lipinski definition) is 1. The summed E-state index contributed by atoms with van der Waals surface area (Å²) in [6.45, 7) is 1.30. The molecule has 0 heterocycles. The summed E-state index contributed by atoms with van der Waals surface area (Å²) in [6, 6.07) is 7.39. The van der Waals surface area contributed by atoms with E-state index in [4.69, 9.17) is 16.3 Å². The van der Waals surface area contributed by atoms with E-state index in [9.17, 15) is 9.59 Å². The van der Waals surface area contributed by atoms with Crippen LogP contribution in [0.15, 0.2) is 24.3 Å². The lowest BCUT2D eigenvalue weighted by molar-refractivity contribution is -0.144. The van der Waals surface area contributed by atoms with Gasteiger partial charge in [-0.15, -0.1) is 6.42 Å². The van der Waals surface area contributed by atoms with E-state index in [1.165, 1.54) is 0 Å². The molecule has 0 aromatic heterocycles. The van der Waals surface area contributed by atoms with Crippen LogP contribution in [0.25, 0.3) is 0 Å². The zero-order valence-corrected chi connectivity index (χ0v) is 11.3. The van der Waals surface area contributed by atoms with E-state index in [1.54, 1.807) is 6.07 Å². The van der Waals surface area contributed by atoms with Gasteiger partial charge >= 0.3 is 5.97 Å². The van der Waals surface area contributed by atoms with Crippen molar-refractivity contribution in [2.24, 2.45) is 0 Å². The van der Waals surface area contributed by atoms with E-state index in [2.05, 4.69) is 5.92 Å². The van der Waals surface area contributed by atoms with Crippen LogP contribution in [0.4, 0.5) is 0 Å². The van der Waals surface area contributed by atoms with Gasteiger partial charge in [-0.05, 0) is 24.1 Å². The molecule has 106 valence electrons.